The van der Waals surface area contributed by atoms with Gasteiger partial charge in [0.25, 0.3) is 0 Å². The van der Waals surface area contributed by atoms with Gasteiger partial charge >= 0.3 is 0 Å². The van der Waals surface area contributed by atoms with Crippen LogP contribution in [0.5, 0.6) is 11.5 Å². The maximum absolute atomic E-state index is 8.28. The van der Waals surface area contributed by atoms with Gasteiger partial charge in [0, 0.05) is 29.6 Å². The van der Waals surface area contributed by atoms with Crippen molar-refractivity contribution < 1.29 is 9.47 Å². The lowest BCUT2D eigenvalue weighted by Gasteiger charge is -2.40. The van der Waals surface area contributed by atoms with E-state index < -0.39 is 0 Å². The summed E-state index contributed by atoms with van der Waals surface area (Å²) in [5, 5.41) is 8.28. The summed E-state index contributed by atoms with van der Waals surface area (Å²) in [6.07, 6.45) is 0. The Bertz CT molecular complexity index is 558. The smallest absolute Gasteiger partial charge is 0.161 e. The molecule has 1 aliphatic rings. The zero-order chi connectivity index (χ0) is 15.8. The Morgan fingerprint density at radius 3 is 2.29 bits per heavy atom. The van der Waals surface area contributed by atoms with E-state index in [-0.39, 0.29) is 10.8 Å². The molecule has 21 heavy (non-hydrogen) atoms. The number of hydrogen-bond donors (Lipinski definition) is 1. The number of nitrogens with zero attached hydrogens (tertiary/aromatic N) is 1. The van der Waals surface area contributed by atoms with Crippen LogP contribution >= 0.6 is 0 Å². The molecule has 0 amide bonds. The lowest BCUT2D eigenvalue weighted by Crippen LogP contribution is -2.45. The van der Waals surface area contributed by atoms with Crippen molar-refractivity contribution in [3.8, 4) is 11.5 Å². The third-order valence-electron chi connectivity index (χ3n) is 5.24. The molecule has 1 saturated heterocycles. The molecule has 0 unspecified atom stereocenters. The van der Waals surface area contributed by atoms with Crippen LogP contribution in [-0.2, 0) is 5.41 Å². The van der Waals surface area contributed by atoms with Crippen LogP contribution in [0.4, 0.5) is 0 Å². The molecule has 0 saturated carbocycles. The Morgan fingerprint density at radius 1 is 1.14 bits per heavy atom. The summed E-state index contributed by atoms with van der Waals surface area (Å²) in [4.78, 5) is 2.30. The zero-order valence-corrected chi connectivity index (χ0v) is 13.9. The van der Waals surface area contributed by atoms with Crippen molar-refractivity contribution in [1.82, 2.24) is 4.90 Å². The van der Waals surface area contributed by atoms with Gasteiger partial charge in [0.15, 0.2) is 11.5 Å². The summed E-state index contributed by atoms with van der Waals surface area (Å²) >= 11 is 0. The zero-order valence-electron chi connectivity index (χ0n) is 13.9. The third-order valence-corrected chi connectivity index (χ3v) is 5.24. The van der Waals surface area contributed by atoms with Gasteiger partial charge in [0.2, 0.25) is 0 Å². The van der Waals surface area contributed by atoms with Crippen molar-refractivity contribution in [2.45, 2.75) is 26.2 Å². The maximum Gasteiger partial charge on any atom is 0.161 e. The first-order valence-corrected chi connectivity index (χ1v) is 7.25. The van der Waals surface area contributed by atoms with Crippen molar-refractivity contribution in [2.24, 2.45) is 5.41 Å². The molecule has 1 N–H and O–H groups in total. The molecule has 4 heteroatoms. The van der Waals surface area contributed by atoms with Crippen molar-refractivity contribution in [2.75, 3.05) is 34.4 Å². The Kier molecular flexibility index (Phi) is 4.02. The molecule has 116 valence electrons. The van der Waals surface area contributed by atoms with E-state index in [2.05, 4.69) is 37.9 Å². The number of nitrogens with one attached hydrogen (secondary N) is 1. The van der Waals surface area contributed by atoms with Crippen LogP contribution < -0.4 is 9.47 Å². The molecule has 0 radical (unpaired) electrons. The Morgan fingerprint density at radius 2 is 1.76 bits per heavy atom. The molecule has 0 aromatic heterocycles. The van der Waals surface area contributed by atoms with Crippen LogP contribution in [-0.4, -0.2) is 45.0 Å². The van der Waals surface area contributed by atoms with E-state index >= 15 is 0 Å². The van der Waals surface area contributed by atoms with Crippen LogP contribution in [0.3, 0.4) is 0 Å². The normalized spacial score (nSPS) is 29.4. The van der Waals surface area contributed by atoms with Gasteiger partial charge < -0.3 is 19.8 Å². The predicted octanol–water partition coefficient (Wildman–Crippen LogP) is 2.95. The highest BCUT2D eigenvalue weighted by Gasteiger charge is 2.53. The molecule has 1 aromatic rings. The standard InChI is InChI=1S/C17H26N2O2/c1-12(18)16(2)10-19(4)11-17(16,3)13-7-8-14(20-5)15(9-13)21-6/h7-9,18H,10-11H2,1-6H3/t16-,17-/m0/s1. The fraction of sp³-hybridized carbons (Fsp3) is 0.588. The van der Waals surface area contributed by atoms with Crippen molar-refractivity contribution in [3.05, 3.63) is 23.8 Å². The monoisotopic (exact) mass is 290 g/mol. The van der Waals surface area contributed by atoms with Crippen LogP contribution in [0, 0.1) is 10.8 Å². The van der Waals surface area contributed by atoms with Gasteiger partial charge in [-0.2, -0.15) is 0 Å². The molecular formula is C17H26N2O2. The maximum atomic E-state index is 8.28. The molecule has 0 aliphatic carbocycles. The summed E-state index contributed by atoms with van der Waals surface area (Å²) in [7, 11) is 5.42. The largest absolute Gasteiger partial charge is 0.493 e. The Balaban J connectivity index is 2.55. The SMILES string of the molecule is COc1ccc([C@]2(C)CN(C)C[C@@]2(C)C(C)=N)cc1OC. The van der Waals surface area contributed by atoms with Crippen molar-refractivity contribution >= 4 is 5.71 Å². The topological polar surface area (TPSA) is 45.5 Å². The first kappa shape index (κ1) is 15.8. The third kappa shape index (κ3) is 2.31. The first-order valence-electron chi connectivity index (χ1n) is 7.25. The fourth-order valence-electron chi connectivity index (χ4n) is 3.61. The number of likely N-dealkylation sites (N-methyl/N-ethyl adjacent to an activating group) is 1. The molecule has 0 spiro atoms. The van der Waals surface area contributed by atoms with Gasteiger partial charge in [-0.05, 0) is 31.7 Å². The number of benzene rings is 1. The average molecular weight is 290 g/mol. The van der Waals surface area contributed by atoms with Crippen molar-refractivity contribution in [3.63, 3.8) is 0 Å². The lowest BCUT2D eigenvalue weighted by molar-refractivity contribution is 0.317. The van der Waals surface area contributed by atoms with Crippen LogP contribution in [0.2, 0.25) is 0 Å². The molecule has 1 aliphatic heterocycles. The fourth-order valence-corrected chi connectivity index (χ4v) is 3.61. The van der Waals surface area contributed by atoms with Gasteiger partial charge in [0.05, 0.1) is 14.2 Å². The minimum Gasteiger partial charge on any atom is -0.493 e. The van der Waals surface area contributed by atoms with Gasteiger partial charge in [-0.15, -0.1) is 0 Å². The molecule has 2 rings (SSSR count). The van der Waals surface area contributed by atoms with Gasteiger partial charge in [0.1, 0.15) is 0 Å². The summed E-state index contributed by atoms with van der Waals surface area (Å²) in [5.74, 6) is 1.49. The van der Waals surface area contributed by atoms with Gasteiger partial charge in [-0.1, -0.05) is 19.9 Å². The summed E-state index contributed by atoms with van der Waals surface area (Å²) in [5.41, 5.74) is 1.62. The van der Waals surface area contributed by atoms with E-state index in [1.165, 1.54) is 5.56 Å². The van der Waals surface area contributed by atoms with E-state index in [4.69, 9.17) is 14.9 Å². The Labute approximate surface area is 127 Å². The van der Waals surface area contributed by atoms with E-state index in [9.17, 15) is 0 Å². The number of likely N-dealkylation sites (tertiary alicyclic amines) is 1. The average Bonchev–Trinajstić information content (AvgIpc) is 2.69. The molecule has 2 atom stereocenters. The highest BCUT2D eigenvalue weighted by molar-refractivity contribution is 5.87. The molecule has 1 fully saturated rings. The van der Waals surface area contributed by atoms with Crippen LogP contribution in [0.15, 0.2) is 18.2 Å². The second-order valence-electron chi connectivity index (χ2n) is 6.53. The molecule has 0 bridgehead atoms. The summed E-state index contributed by atoms with van der Waals surface area (Å²) in [6.45, 7) is 8.17. The quantitative estimate of drug-likeness (QED) is 0.867. The van der Waals surface area contributed by atoms with Crippen molar-refractivity contribution in [1.29, 1.82) is 5.41 Å². The minimum absolute atomic E-state index is 0.118. The highest BCUT2D eigenvalue weighted by Crippen LogP contribution is 2.49. The van der Waals surface area contributed by atoms with Gasteiger partial charge in [-0.25, -0.2) is 0 Å². The number of rotatable bonds is 4. The summed E-state index contributed by atoms with van der Waals surface area (Å²) in [6, 6.07) is 6.11. The van der Waals surface area contributed by atoms with E-state index in [0.717, 1.165) is 30.3 Å². The first-order chi connectivity index (χ1) is 9.78. The minimum atomic E-state index is -0.179. The molecule has 1 heterocycles. The molecule has 4 nitrogen and oxygen atoms in total. The predicted molar refractivity (Wildman–Crippen MR) is 85.9 cm³/mol. The van der Waals surface area contributed by atoms with Crippen LogP contribution in [0.1, 0.15) is 26.3 Å². The molecule has 1 aromatic carbocycles. The number of methoxy groups -OCH3 is 2. The van der Waals surface area contributed by atoms with E-state index in [1.54, 1.807) is 14.2 Å². The second kappa shape index (κ2) is 5.34. The lowest BCUT2D eigenvalue weighted by atomic mass is 9.62. The number of hydrogen-bond acceptors (Lipinski definition) is 4. The number of ether oxygens (including phenoxy) is 2. The van der Waals surface area contributed by atoms with E-state index in [0.29, 0.717) is 0 Å². The molecular weight excluding hydrogens is 264 g/mol. The van der Waals surface area contributed by atoms with Gasteiger partial charge in [-0.3, -0.25) is 0 Å². The second-order valence-corrected chi connectivity index (χ2v) is 6.53. The van der Waals surface area contributed by atoms with Crippen LogP contribution in [0.25, 0.3) is 0 Å². The highest BCUT2D eigenvalue weighted by atomic mass is 16.5. The Hall–Kier alpha value is -1.55. The van der Waals surface area contributed by atoms with E-state index in [1.807, 2.05) is 13.0 Å². The summed E-state index contributed by atoms with van der Waals surface area (Å²) < 4.78 is 10.8.